The summed E-state index contributed by atoms with van der Waals surface area (Å²) in [6.07, 6.45) is 3.85. The molecular weight excluding hydrogens is 662 g/mol. The molecule has 44 heavy (non-hydrogen) atoms. The summed E-state index contributed by atoms with van der Waals surface area (Å²) in [6.45, 7) is 0. The van der Waals surface area contributed by atoms with E-state index in [0.717, 1.165) is 44.2 Å². The number of ether oxygens (including phenoxy) is 2. The molecule has 3 nitrogen and oxygen atoms in total. The van der Waals surface area contributed by atoms with Crippen LogP contribution in [0.15, 0.2) is 133 Å². The van der Waals surface area contributed by atoms with Crippen LogP contribution in [0.3, 0.4) is 0 Å². The number of carbonyl (C=O) groups is 1. The first-order chi connectivity index (χ1) is 21.4. The largest absolute Gasteiger partial charge is 0.472 e. The Morgan fingerprint density at radius 1 is 0.727 bits per heavy atom. The topological polar surface area (TPSA) is 35.5 Å². The second kappa shape index (κ2) is 11.4. The molecule has 1 atom stereocenters. The molecule has 0 spiro atoms. The number of methoxy groups -OCH3 is 1. The third-order valence-corrected chi connectivity index (χ3v) is 8.87. The van der Waals surface area contributed by atoms with Gasteiger partial charge in [0.05, 0.1) is 12.7 Å². The minimum atomic E-state index is -1.03. The number of halogens is 2. The molecule has 0 aromatic heterocycles. The van der Waals surface area contributed by atoms with Crippen molar-refractivity contribution >= 4 is 45.4 Å². The Kier molecular flexibility index (Phi) is 7.26. The molecule has 1 aliphatic rings. The van der Waals surface area contributed by atoms with Gasteiger partial charge in [0, 0.05) is 25.6 Å². The molecule has 0 amide bonds. The average Bonchev–Trinajstić information content (AvgIpc) is 3.08. The van der Waals surface area contributed by atoms with Crippen LogP contribution in [0, 0.1) is 9.39 Å². The first-order valence-electron chi connectivity index (χ1n) is 14.2. The van der Waals surface area contributed by atoms with Gasteiger partial charge in [-0.15, -0.1) is 0 Å². The third-order valence-electron chi connectivity index (χ3n) is 8.16. The van der Waals surface area contributed by atoms with Crippen molar-refractivity contribution in [2.75, 3.05) is 7.11 Å². The van der Waals surface area contributed by atoms with Crippen LogP contribution in [-0.4, -0.2) is 13.1 Å². The maximum Gasteiger partial charge on any atom is 0.338 e. The number of esters is 1. The lowest BCUT2D eigenvalue weighted by atomic mass is 9.82. The SMILES string of the molecule is COC(=O)c1cc2cc(-c3ccc(-c4ccc(I)cc4)cc3)ccc2c2c1C=CC(c1ccccc1)(c1ccc(F)cc1)O2. The van der Waals surface area contributed by atoms with Crippen LogP contribution >= 0.6 is 22.6 Å². The van der Waals surface area contributed by atoms with Crippen LogP contribution < -0.4 is 4.74 Å². The van der Waals surface area contributed by atoms with Crippen LogP contribution in [0.4, 0.5) is 4.39 Å². The molecule has 0 N–H and O–H groups in total. The summed E-state index contributed by atoms with van der Waals surface area (Å²) in [4.78, 5) is 13.1. The van der Waals surface area contributed by atoms with E-state index in [-0.39, 0.29) is 5.82 Å². The summed E-state index contributed by atoms with van der Waals surface area (Å²) in [5, 5.41) is 1.71. The summed E-state index contributed by atoms with van der Waals surface area (Å²) in [5.74, 6) is -0.202. The van der Waals surface area contributed by atoms with Crippen molar-refractivity contribution in [3.63, 3.8) is 0 Å². The summed E-state index contributed by atoms with van der Waals surface area (Å²) in [5.41, 5.74) is 6.07. The second-order valence-corrected chi connectivity index (χ2v) is 12.0. The monoisotopic (exact) mass is 688 g/mol. The zero-order valence-corrected chi connectivity index (χ0v) is 25.9. The molecule has 7 rings (SSSR count). The molecule has 214 valence electrons. The van der Waals surface area contributed by atoms with Crippen molar-refractivity contribution in [1.29, 1.82) is 0 Å². The summed E-state index contributed by atoms with van der Waals surface area (Å²) < 4.78 is 27.4. The van der Waals surface area contributed by atoms with Gasteiger partial charge in [-0.25, -0.2) is 9.18 Å². The predicted octanol–water partition coefficient (Wildman–Crippen LogP) is 10.1. The van der Waals surface area contributed by atoms with Gasteiger partial charge in [0.25, 0.3) is 0 Å². The number of rotatable bonds is 5. The number of hydrogen-bond acceptors (Lipinski definition) is 3. The fraction of sp³-hybridized carbons (Fsp3) is 0.0513. The van der Waals surface area contributed by atoms with Crippen molar-refractivity contribution in [2.24, 2.45) is 0 Å². The van der Waals surface area contributed by atoms with Gasteiger partial charge < -0.3 is 9.47 Å². The number of hydrogen-bond donors (Lipinski definition) is 0. The number of benzene rings is 6. The maximum absolute atomic E-state index is 14.0. The molecular formula is C39H26FIO3. The predicted molar refractivity (Wildman–Crippen MR) is 182 cm³/mol. The first kappa shape index (κ1) is 28.0. The zero-order valence-electron chi connectivity index (χ0n) is 23.8. The highest BCUT2D eigenvalue weighted by Gasteiger charge is 2.39. The molecule has 6 aromatic carbocycles. The normalized spacial score (nSPS) is 15.4. The van der Waals surface area contributed by atoms with E-state index in [2.05, 4.69) is 83.3 Å². The van der Waals surface area contributed by atoms with E-state index in [0.29, 0.717) is 16.9 Å². The molecule has 1 aliphatic heterocycles. The van der Waals surface area contributed by atoms with E-state index in [9.17, 15) is 9.18 Å². The Bertz CT molecular complexity index is 2030. The Balaban J connectivity index is 1.36. The van der Waals surface area contributed by atoms with Crippen molar-refractivity contribution in [3.8, 4) is 28.0 Å². The highest BCUT2D eigenvalue weighted by molar-refractivity contribution is 14.1. The van der Waals surface area contributed by atoms with Gasteiger partial charge in [0.15, 0.2) is 5.60 Å². The van der Waals surface area contributed by atoms with Crippen molar-refractivity contribution in [2.45, 2.75) is 5.60 Å². The fourth-order valence-corrected chi connectivity index (χ4v) is 6.24. The maximum atomic E-state index is 14.0. The minimum absolute atomic E-state index is 0.324. The molecule has 0 bridgehead atoms. The third kappa shape index (κ3) is 4.97. The molecule has 1 unspecified atom stereocenters. The van der Waals surface area contributed by atoms with Crippen LogP contribution in [0.5, 0.6) is 5.75 Å². The Hall–Kier alpha value is -4.75. The summed E-state index contributed by atoms with van der Waals surface area (Å²) in [7, 11) is 1.38. The van der Waals surface area contributed by atoms with Crippen LogP contribution in [0.2, 0.25) is 0 Å². The summed E-state index contributed by atoms with van der Waals surface area (Å²) >= 11 is 2.31. The van der Waals surface area contributed by atoms with Gasteiger partial charge in [0.1, 0.15) is 11.6 Å². The van der Waals surface area contributed by atoms with Gasteiger partial charge in [-0.2, -0.15) is 0 Å². The number of carbonyl (C=O) groups excluding carboxylic acids is 1. The van der Waals surface area contributed by atoms with E-state index in [1.807, 2.05) is 54.6 Å². The van der Waals surface area contributed by atoms with E-state index < -0.39 is 11.6 Å². The first-order valence-corrected chi connectivity index (χ1v) is 15.3. The van der Waals surface area contributed by atoms with E-state index in [4.69, 9.17) is 9.47 Å². The smallest absolute Gasteiger partial charge is 0.338 e. The quantitative estimate of drug-likeness (QED) is 0.134. The molecule has 6 aromatic rings. The highest BCUT2D eigenvalue weighted by atomic mass is 127. The van der Waals surface area contributed by atoms with Gasteiger partial charge >= 0.3 is 5.97 Å². The van der Waals surface area contributed by atoms with Crippen LogP contribution in [0.1, 0.15) is 27.0 Å². The Morgan fingerprint density at radius 3 is 1.98 bits per heavy atom. The molecule has 0 saturated carbocycles. The van der Waals surface area contributed by atoms with E-state index >= 15 is 0 Å². The molecule has 0 radical (unpaired) electrons. The van der Waals surface area contributed by atoms with Crippen molar-refractivity contribution in [1.82, 2.24) is 0 Å². The van der Waals surface area contributed by atoms with E-state index in [1.54, 1.807) is 12.1 Å². The van der Waals surface area contributed by atoms with Gasteiger partial charge in [-0.1, -0.05) is 91.0 Å². The number of fused-ring (bicyclic) bond motifs is 3. The van der Waals surface area contributed by atoms with Crippen molar-refractivity contribution in [3.05, 3.63) is 165 Å². The van der Waals surface area contributed by atoms with E-state index in [1.165, 1.54) is 22.8 Å². The molecule has 0 aliphatic carbocycles. The van der Waals surface area contributed by atoms with Gasteiger partial charge in [0.2, 0.25) is 0 Å². The lowest BCUT2D eigenvalue weighted by Gasteiger charge is -2.37. The molecule has 1 heterocycles. The van der Waals surface area contributed by atoms with Gasteiger partial charge in [-0.05, 0) is 98.8 Å². The second-order valence-electron chi connectivity index (χ2n) is 10.7. The lowest BCUT2D eigenvalue weighted by molar-refractivity contribution is 0.0599. The van der Waals surface area contributed by atoms with Crippen molar-refractivity contribution < 1.29 is 18.7 Å². The van der Waals surface area contributed by atoms with Gasteiger partial charge in [-0.3, -0.25) is 0 Å². The molecule has 0 saturated heterocycles. The van der Waals surface area contributed by atoms with Crippen LogP contribution in [0.25, 0.3) is 39.1 Å². The standard InChI is InChI=1S/C39H26FIO3/c1-43-38(42)36-24-29-23-28(27-9-7-25(8-10-27)26-11-18-33(41)19-12-26)13-20-34(29)37-35(36)21-22-39(44-37,30-5-3-2-4-6-30)31-14-16-32(40)17-15-31/h2-24H,1H3. The Labute approximate surface area is 268 Å². The minimum Gasteiger partial charge on any atom is -0.472 e. The lowest BCUT2D eigenvalue weighted by Crippen LogP contribution is -2.34. The zero-order chi connectivity index (χ0) is 30.3. The fourth-order valence-electron chi connectivity index (χ4n) is 5.88. The summed E-state index contributed by atoms with van der Waals surface area (Å²) in [6, 6.07) is 41.2. The molecule has 5 heteroatoms. The Morgan fingerprint density at radius 2 is 1.32 bits per heavy atom. The highest BCUT2D eigenvalue weighted by Crippen LogP contribution is 2.47. The molecule has 0 fully saturated rings. The van der Waals surface area contributed by atoms with Crippen LogP contribution in [-0.2, 0) is 10.3 Å². The average molecular weight is 689 g/mol.